The Labute approximate surface area is 243 Å². The Hall–Kier alpha value is -4.10. The predicted molar refractivity (Wildman–Crippen MR) is 153 cm³/mol. The maximum atomic E-state index is 13.0. The van der Waals surface area contributed by atoms with Crippen LogP contribution in [0.15, 0.2) is 46.0 Å². The number of carbonyl (C=O) groups is 4. The molecule has 2 aromatic heterocycles. The van der Waals surface area contributed by atoms with Gasteiger partial charge in [0.2, 0.25) is 11.8 Å². The number of amides is 3. The molecule has 212 valence electrons. The number of rotatable bonds is 12. The molecule has 0 unspecified atom stereocenters. The average Bonchev–Trinajstić information content (AvgIpc) is 3.57. The molecule has 4 aromatic rings. The van der Waals surface area contributed by atoms with Crippen LogP contribution >= 0.6 is 23.1 Å². The molecule has 3 heterocycles. The Morgan fingerprint density at radius 3 is 2.49 bits per heavy atom. The van der Waals surface area contributed by atoms with Gasteiger partial charge in [-0.25, -0.2) is 9.78 Å². The first kappa shape index (κ1) is 28.4. The van der Waals surface area contributed by atoms with Crippen molar-refractivity contribution >= 4 is 62.7 Å². The summed E-state index contributed by atoms with van der Waals surface area (Å²) in [5.41, 5.74) is 1.62. The fourth-order valence-corrected chi connectivity index (χ4v) is 5.98. The number of esters is 1. The first-order chi connectivity index (χ1) is 19.9. The molecule has 0 aliphatic carbocycles. The SMILES string of the molecule is CCOC(=O)c1sc(NC(=O)CSc2nnc(CCCCCN3C(=O)c4cccc5cccc(c45)C3=O)o2)nc1C. The van der Waals surface area contributed by atoms with Gasteiger partial charge in [0.25, 0.3) is 17.0 Å². The molecule has 13 heteroatoms. The minimum Gasteiger partial charge on any atom is -0.462 e. The highest BCUT2D eigenvalue weighted by molar-refractivity contribution is 7.99. The minimum atomic E-state index is -0.465. The number of ether oxygens (including phenoxy) is 1. The molecule has 0 spiro atoms. The molecule has 2 aromatic carbocycles. The third-order valence-corrected chi connectivity index (χ3v) is 8.28. The minimum absolute atomic E-state index is 0.0315. The lowest BCUT2D eigenvalue weighted by molar-refractivity contribution is -0.113. The molecule has 1 aliphatic rings. The number of carbonyl (C=O) groups excluding carboxylic acids is 4. The van der Waals surface area contributed by atoms with Crippen LogP contribution in [0.25, 0.3) is 10.8 Å². The number of imide groups is 1. The summed E-state index contributed by atoms with van der Waals surface area (Å²) in [6.45, 7) is 4.00. The molecule has 0 saturated carbocycles. The molecular formula is C28H27N5O6S2. The summed E-state index contributed by atoms with van der Waals surface area (Å²) in [6.07, 6.45) is 2.69. The van der Waals surface area contributed by atoms with Crippen molar-refractivity contribution in [3.05, 3.63) is 64.0 Å². The summed E-state index contributed by atoms with van der Waals surface area (Å²) in [7, 11) is 0. The standard InChI is InChI=1S/C28H27N5O6S2/c1-3-38-26(37)23-16(2)29-27(41-23)30-20(34)15-40-28-32-31-21(39-28)13-5-4-6-14-33-24(35)18-11-7-9-17-10-8-12-19(22(17)18)25(33)36/h7-12H,3-6,13-15H2,1-2H3,(H,29,30,34). The van der Waals surface area contributed by atoms with Gasteiger partial charge in [-0.1, -0.05) is 53.8 Å². The molecule has 41 heavy (non-hydrogen) atoms. The number of aromatic nitrogens is 3. The van der Waals surface area contributed by atoms with E-state index >= 15 is 0 Å². The molecule has 5 rings (SSSR count). The fourth-order valence-electron chi connectivity index (χ4n) is 4.52. The van der Waals surface area contributed by atoms with E-state index < -0.39 is 5.97 Å². The maximum Gasteiger partial charge on any atom is 0.350 e. The number of unbranched alkanes of at least 4 members (excludes halogenated alkanes) is 2. The molecule has 0 radical (unpaired) electrons. The zero-order valence-corrected chi connectivity index (χ0v) is 24.1. The zero-order chi connectivity index (χ0) is 28.9. The third kappa shape index (κ3) is 6.30. The van der Waals surface area contributed by atoms with E-state index in [1.165, 1.54) is 4.90 Å². The zero-order valence-electron chi connectivity index (χ0n) is 22.5. The summed E-state index contributed by atoms with van der Waals surface area (Å²) in [5, 5.41) is 12.9. The van der Waals surface area contributed by atoms with Crippen LogP contribution in [0, 0.1) is 6.92 Å². The largest absolute Gasteiger partial charge is 0.462 e. The smallest absolute Gasteiger partial charge is 0.350 e. The topological polar surface area (TPSA) is 145 Å². The van der Waals surface area contributed by atoms with Crippen molar-refractivity contribution in [2.24, 2.45) is 0 Å². The van der Waals surface area contributed by atoms with E-state index in [9.17, 15) is 19.2 Å². The van der Waals surface area contributed by atoms with Gasteiger partial charge in [-0.05, 0) is 44.2 Å². The Balaban J connectivity index is 1.04. The highest BCUT2D eigenvalue weighted by Crippen LogP contribution is 2.30. The lowest BCUT2D eigenvalue weighted by Crippen LogP contribution is -2.40. The van der Waals surface area contributed by atoms with Gasteiger partial charge in [0.15, 0.2) is 5.13 Å². The van der Waals surface area contributed by atoms with Crippen LogP contribution in [0.2, 0.25) is 0 Å². The van der Waals surface area contributed by atoms with Crippen molar-refractivity contribution in [1.82, 2.24) is 20.1 Å². The van der Waals surface area contributed by atoms with E-state index in [4.69, 9.17) is 9.15 Å². The highest BCUT2D eigenvalue weighted by atomic mass is 32.2. The number of anilines is 1. The molecule has 0 bridgehead atoms. The maximum absolute atomic E-state index is 13.0. The third-order valence-electron chi connectivity index (χ3n) is 6.41. The monoisotopic (exact) mass is 593 g/mol. The van der Waals surface area contributed by atoms with Gasteiger partial charge in [0.1, 0.15) is 4.88 Å². The fraction of sp³-hybridized carbons (Fsp3) is 0.321. The van der Waals surface area contributed by atoms with E-state index in [0.717, 1.165) is 46.7 Å². The second-order valence-electron chi connectivity index (χ2n) is 9.23. The summed E-state index contributed by atoms with van der Waals surface area (Å²) >= 11 is 2.16. The van der Waals surface area contributed by atoms with E-state index in [2.05, 4.69) is 20.5 Å². The molecule has 1 aliphatic heterocycles. The van der Waals surface area contributed by atoms with Gasteiger partial charge < -0.3 is 14.5 Å². The molecular weight excluding hydrogens is 566 g/mol. The van der Waals surface area contributed by atoms with Crippen LogP contribution in [0.3, 0.4) is 0 Å². The van der Waals surface area contributed by atoms with Crippen molar-refractivity contribution in [2.75, 3.05) is 24.2 Å². The molecule has 1 N–H and O–H groups in total. The van der Waals surface area contributed by atoms with E-state index in [0.29, 0.717) is 52.1 Å². The van der Waals surface area contributed by atoms with Gasteiger partial charge in [-0.2, -0.15) is 0 Å². The Morgan fingerprint density at radius 2 is 1.78 bits per heavy atom. The van der Waals surface area contributed by atoms with Crippen LogP contribution in [-0.2, 0) is 16.0 Å². The first-order valence-electron chi connectivity index (χ1n) is 13.1. The predicted octanol–water partition coefficient (Wildman–Crippen LogP) is 4.90. The van der Waals surface area contributed by atoms with Crippen molar-refractivity contribution in [3.8, 4) is 0 Å². The number of nitrogens with one attached hydrogen (secondary N) is 1. The summed E-state index contributed by atoms with van der Waals surface area (Å²) in [5.74, 6) is -0.817. The van der Waals surface area contributed by atoms with Gasteiger partial charge in [0, 0.05) is 29.5 Å². The number of benzene rings is 2. The molecule has 11 nitrogen and oxygen atoms in total. The quantitative estimate of drug-likeness (QED) is 0.104. The molecule has 3 amide bonds. The average molecular weight is 594 g/mol. The van der Waals surface area contributed by atoms with E-state index in [-0.39, 0.29) is 35.3 Å². The van der Waals surface area contributed by atoms with E-state index in [1.54, 1.807) is 26.0 Å². The molecule has 0 fully saturated rings. The van der Waals surface area contributed by atoms with Crippen LogP contribution in [0.4, 0.5) is 5.13 Å². The van der Waals surface area contributed by atoms with Crippen LogP contribution in [0.5, 0.6) is 0 Å². The summed E-state index contributed by atoms with van der Waals surface area (Å²) < 4.78 is 10.6. The van der Waals surface area contributed by atoms with Crippen LogP contribution < -0.4 is 5.32 Å². The molecule has 0 atom stereocenters. The summed E-state index contributed by atoms with van der Waals surface area (Å²) in [6, 6.07) is 11.0. The number of thioether (sulfide) groups is 1. The van der Waals surface area contributed by atoms with Gasteiger partial charge in [-0.3, -0.25) is 19.3 Å². The van der Waals surface area contributed by atoms with Crippen molar-refractivity contribution in [2.45, 2.75) is 44.8 Å². The number of nitrogens with zero attached hydrogens (tertiary/aromatic N) is 4. The Bertz CT molecular complexity index is 1580. The number of thiazole rings is 1. The number of hydrogen-bond donors (Lipinski definition) is 1. The Kier molecular flexibility index (Phi) is 8.74. The van der Waals surface area contributed by atoms with Crippen LogP contribution in [0.1, 0.15) is 68.2 Å². The van der Waals surface area contributed by atoms with Gasteiger partial charge >= 0.3 is 5.97 Å². The van der Waals surface area contributed by atoms with Gasteiger partial charge in [0.05, 0.1) is 18.1 Å². The highest BCUT2D eigenvalue weighted by Gasteiger charge is 2.32. The van der Waals surface area contributed by atoms with Gasteiger partial charge in [-0.15, -0.1) is 10.2 Å². The second kappa shape index (κ2) is 12.6. The van der Waals surface area contributed by atoms with Crippen LogP contribution in [-0.4, -0.2) is 62.7 Å². The normalized spacial score (nSPS) is 12.7. The number of hydrogen-bond acceptors (Lipinski definition) is 11. The first-order valence-corrected chi connectivity index (χ1v) is 14.9. The number of aryl methyl sites for hydroxylation is 2. The van der Waals surface area contributed by atoms with Crippen molar-refractivity contribution < 1.29 is 28.3 Å². The lowest BCUT2D eigenvalue weighted by Gasteiger charge is -2.27. The lowest BCUT2D eigenvalue weighted by atomic mass is 9.94. The molecule has 0 saturated heterocycles. The van der Waals surface area contributed by atoms with Crippen molar-refractivity contribution in [3.63, 3.8) is 0 Å². The van der Waals surface area contributed by atoms with Crippen molar-refractivity contribution in [1.29, 1.82) is 0 Å². The Morgan fingerprint density at radius 1 is 1.05 bits per heavy atom. The van der Waals surface area contributed by atoms with E-state index in [1.807, 2.05) is 24.3 Å². The second-order valence-corrected chi connectivity index (χ2v) is 11.2. The summed E-state index contributed by atoms with van der Waals surface area (Å²) in [4.78, 5) is 56.1.